The Kier molecular flexibility index (Phi) is 4.60. The number of aromatic nitrogens is 2. The lowest BCUT2D eigenvalue weighted by molar-refractivity contribution is 0.0123. The molecule has 2 aliphatic rings. The number of para-hydroxylation sites is 1. The number of piperazine rings is 1. The van der Waals surface area contributed by atoms with Crippen LogP contribution in [0.2, 0.25) is 0 Å². The fourth-order valence-electron chi connectivity index (χ4n) is 3.76. The first-order valence-electron chi connectivity index (χ1n) is 8.85. The number of hydrogen-bond donors (Lipinski definition) is 1. The summed E-state index contributed by atoms with van der Waals surface area (Å²) in [6, 6.07) is 8.64. The third-order valence-electron chi connectivity index (χ3n) is 5.16. The van der Waals surface area contributed by atoms with Gasteiger partial charge in [0.25, 0.3) is 0 Å². The topological polar surface area (TPSA) is 67.5 Å². The Bertz CT molecular complexity index is 693. The number of anilines is 1. The maximum atomic E-state index is 6.09. The fourth-order valence-corrected chi connectivity index (χ4v) is 3.76. The van der Waals surface area contributed by atoms with Crippen molar-refractivity contribution in [1.29, 1.82) is 0 Å². The molecule has 0 bridgehead atoms. The second-order valence-electron chi connectivity index (χ2n) is 6.70. The van der Waals surface area contributed by atoms with Crippen molar-refractivity contribution in [3.63, 3.8) is 0 Å². The number of hydrogen-bond acceptors (Lipinski definition) is 6. The normalized spacial score (nSPS) is 21.3. The summed E-state index contributed by atoms with van der Waals surface area (Å²) in [5.74, 6) is 1.40. The molecule has 2 fully saturated rings. The van der Waals surface area contributed by atoms with Gasteiger partial charge in [-0.2, -0.15) is 0 Å². The summed E-state index contributed by atoms with van der Waals surface area (Å²) in [5, 5.41) is 0.936. The zero-order chi connectivity index (χ0) is 16.4. The van der Waals surface area contributed by atoms with Gasteiger partial charge in [-0.25, -0.2) is 9.97 Å². The summed E-state index contributed by atoms with van der Waals surface area (Å²) < 4.78 is 5.47. The summed E-state index contributed by atoms with van der Waals surface area (Å²) in [7, 11) is 0. The molecular formula is C18H25N5O. The first-order valence-corrected chi connectivity index (χ1v) is 8.85. The van der Waals surface area contributed by atoms with Gasteiger partial charge < -0.3 is 10.5 Å². The molecule has 0 amide bonds. The quantitative estimate of drug-likeness (QED) is 0.922. The van der Waals surface area contributed by atoms with Crippen LogP contribution in [-0.4, -0.2) is 65.2 Å². The molecule has 2 aliphatic heterocycles. The zero-order valence-corrected chi connectivity index (χ0v) is 14.0. The van der Waals surface area contributed by atoms with Gasteiger partial charge in [-0.05, 0) is 25.0 Å². The second-order valence-corrected chi connectivity index (χ2v) is 6.70. The maximum absolute atomic E-state index is 6.09. The van der Waals surface area contributed by atoms with Gasteiger partial charge in [0.15, 0.2) is 0 Å². The molecule has 128 valence electrons. The molecule has 6 heteroatoms. The molecule has 24 heavy (non-hydrogen) atoms. The Labute approximate surface area is 142 Å². The highest BCUT2D eigenvalue weighted by atomic mass is 16.5. The Morgan fingerprint density at radius 2 is 1.79 bits per heavy atom. The summed E-state index contributed by atoms with van der Waals surface area (Å²) in [5.41, 5.74) is 7.02. The number of rotatable bonds is 3. The maximum Gasteiger partial charge on any atom is 0.145 e. The molecule has 0 aliphatic carbocycles. The highest BCUT2D eigenvalue weighted by Gasteiger charge is 2.25. The molecule has 1 aromatic carbocycles. The molecule has 6 nitrogen and oxygen atoms in total. The molecule has 3 heterocycles. The molecule has 0 unspecified atom stereocenters. The standard InChI is InChI=1S/C18H25N5O/c19-18-15-3-1-2-4-16(15)20-17(21-18)13-22-7-9-23(10-8-22)14-5-11-24-12-6-14/h1-4,14H,5-13H2,(H2,19,20,21). The van der Waals surface area contributed by atoms with Crippen molar-refractivity contribution in [2.45, 2.75) is 25.4 Å². The summed E-state index contributed by atoms with van der Waals surface area (Å²) in [4.78, 5) is 14.2. The Morgan fingerprint density at radius 3 is 2.58 bits per heavy atom. The fraction of sp³-hybridized carbons (Fsp3) is 0.556. The van der Waals surface area contributed by atoms with E-state index in [4.69, 9.17) is 10.5 Å². The Balaban J connectivity index is 1.38. The van der Waals surface area contributed by atoms with Crippen LogP contribution >= 0.6 is 0 Å². The first-order chi connectivity index (χ1) is 11.8. The molecule has 0 spiro atoms. The van der Waals surface area contributed by atoms with E-state index in [0.29, 0.717) is 11.9 Å². The highest BCUT2D eigenvalue weighted by Crippen LogP contribution is 2.19. The van der Waals surface area contributed by atoms with E-state index in [1.165, 1.54) is 12.8 Å². The van der Waals surface area contributed by atoms with E-state index in [1.54, 1.807) is 0 Å². The molecule has 2 aromatic rings. The van der Waals surface area contributed by atoms with Crippen molar-refractivity contribution in [2.24, 2.45) is 0 Å². The van der Waals surface area contributed by atoms with Crippen molar-refractivity contribution in [1.82, 2.24) is 19.8 Å². The largest absolute Gasteiger partial charge is 0.383 e. The van der Waals surface area contributed by atoms with Crippen molar-refractivity contribution >= 4 is 16.7 Å². The van der Waals surface area contributed by atoms with Crippen molar-refractivity contribution in [2.75, 3.05) is 45.1 Å². The first kappa shape index (κ1) is 15.7. The van der Waals surface area contributed by atoms with Crippen LogP contribution in [0.15, 0.2) is 24.3 Å². The van der Waals surface area contributed by atoms with Crippen LogP contribution in [0.3, 0.4) is 0 Å². The number of ether oxygens (including phenoxy) is 1. The lowest BCUT2D eigenvalue weighted by Crippen LogP contribution is -2.51. The van der Waals surface area contributed by atoms with Gasteiger partial charge in [-0.1, -0.05) is 12.1 Å². The highest BCUT2D eigenvalue weighted by molar-refractivity contribution is 5.87. The minimum atomic E-state index is 0.580. The van der Waals surface area contributed by atoms with Gasteiger partial charge in [-0.3, -0.25) is 9.80 Å². The van der Waals surface area contributed by atoms with Gasteiger partial charge in [0, 0.05) is 50.8 Å². The van der Waals surface area contributed by atoms with E-state index in [1.807, 2.05) is 24.3 Å². The third-order valence-corrected chi connectivity index (χ3v) is 5.16. The van der Waals surface area contributed by atoms with Crippen LogP contribution < -0.4 is 5.73 Å². The van der Waals surface area contributed by atoms with Gasteiger partial charge in [0.1, 0.15) is 11.6 Å². The van der Waals surface area contributed by atoms with E-state index in [0.717, 1.165) is 62.7 Å². The van der Waals surface area contributed by atoms with Gasteiger partial charge >= 0.3 is 0 Å². The summed E-state index contributed by atoms with van der Waals surface area (Å²) in [6.45, 7) is 6.96. The van der Waals surface area contributed by atoms with E-state index < -0.39 is 0 Å². The monoisotopic (exact) mass is 327 g/mol. The number of nitrogen functional groups attached to an aromatic ring is 1. The summed E-state index contributed by atoms with van der Waals surface area (Å²) in [6.07, 6.45) is 2.34. The molecule has 0 saturated carbocycles. The van der Waals surface area contributed by atoms with E-state index in [9.17, 15) is 0 Å². The number of benzene rings is 1. The van der Waals surface area contributed by atoms with Gasteiger partial charge in [-0.15, -0.1) is 0 Å². The van der Waals surface area contributed by atoms with Crippen LogP contribution in [0.25, 0.3) is 10.9 Å². The predicted molar refractivity (Wildman–Crippen MR) is 94.6 cm³/mol. The van der Waals surface area contributed by atoms with Crippen molar-refractivity contribution in [3.05, 3.63) is 30.1 Å². The molecule has 4 rings (SSSR count). The predicted octanol–water partition coefficient (Wildman–Crippen LogP) is 1.51. The van der Waals surface area contributed by atoms with Crippen LogP contribution in [0.5, 0.6) is 0 Å². The van der Waals surface area contributed by atoms with E-state index in [-0.39, 0.29) is 0 Å². The third kappa shape index (κ3) is 3.36. The van der Waals surface area contributed by atoms with Crippen LogP contribution in [0.1, 0.15) is 18.7 Å². The van der Waals surface area contributed by atoms with Crippen LogP contribution in [-0.2, 0) is 11.3 Å². The smallest absolute Gasteiger partial charge is 0.145 e. The zero-order valence-electron chi connectivity index (χ0n) is 14.0. The molecule has 2 N–H and O–H groups in total. The SMILES string of the molecule is Nc1nc(CN2CCN(C3CCOCC3)CC2)nc2ccccc12. The van der Waals surface area contributed by atoms with Crippen molar-refractivity contribution < 1.29 is 4.74 Å². The molecular weight excluding hydrogens is 302 g/mol. The van der Waals surface area contributed by atoms with Crippen LogP contribution in [0.4, 0.5) is 5.82 Å². The van der Waals surface area contributed by atoms with Crippen molar-refractivity contribution in [3.8, 4) is 0 Å². The number of nitrogens with two attached hydrogens (primary N) is 1. The minimum Gasteiger partial charge on any atom is -0.383 e. The average Bonchev–Trinajstić information content (AvgIpc) is 2.63. The average molecular weight is 327 g/mol. The van der Waals surface area contributed by atoms with Gasteiger partial charge in [0.05, 0.1) is 12.1 Å². The number of nitrogens with zero attached hydrogens (tertiary/aromatic N) is 4. The van der Waals surface area contributed by atoms with E-state index in [2.05, 4.69) is 19.8 Å². The second kappa shape index (κ2) is 7.01. The summed E-state index contributed by atoms with van der Waals surface area (Å²) >= 11 is 0. The molecule has 0 atom stereocenters. The van der Waals surface area contributed by atoms with E-state index >= 15 is 0 Å². The lowest BCUT2D eigenvalue weighted by atomic mass is 10.1. The Morgan fingerprint density at radius 1 is 1.04 bits per heavy atom. The van der Waals surface area contributed by atoms with Gasteiger partial charge in [0.2, 0.25) is 0 Å². The number of fused-ring (bicyclic) bond motifs is 1. The molecule has 1 aromatic heterocycles. The Hall–Kier alpha value is -1.76. The lowest BCUT2D eigenvalue weighted by Gasteiger charge is -2.40. The van der Waals surface area contributed by atoms with Crippen LogP contribution in [0, 0.1) is 0 Å². The molecule has 0 radical (unpaired) electrons. The minimum absolute atomic E-state index is 0.580. The molecule has 2 saturated heterocycles.